The second-order valence-electron chi connectivity index (χ2n) is 10.7. The molecule has 0 bridgehead atoms. The zero-order chi connectivity index (χ0) is 29.5. The molecule has 0 spiro atoms. The highest BCUT2D eigenvalue weighted by Crippen LogP contribution is 2.50. The van der Waals surface area contributed by atoms with Gasteiger partial charge in [-0.15, -0.1) is 11.8 Å². The van der Waals surface area contributed by atoms with Crippen LogP contribution in [0.2, 0.25) is 0 Å². The molecule has 0 radical (unpaired) electrons. The number of ether oxygens (including phenoxy) is 1. The van der Waals surface area contributed by atoms with Gasteiger partial charge in [0.2, 0.25) is 0 Å². The van der Waals surface area contributed by atoms with Gasteiger partial charge in [0.05, 0.1) is 17.6 Å². The van der Waals surface area contributed by atoms with Crippen LogP contribution >= 0.6 is 11.8 Å². The van der Waals surface area contributed by atoms with Crippen molar-refractivity contribution in [3.8, 4) is 0 Å². The van der Waals surface area contributed by atoms with Gasteiger partial charge in [0.25, 0.3) is 10.1 Å². The van der Waals surface area contributed by atoms with Gasteiger partial charge >= 0.3 is 6.09 Å². The monoisotopic (exact) mass is 589 g/mol. The van der Waals surface area contributed by atoms with Crippen molar-refractivity contribution in [1.29, 1.82) is 0 Å². The Kier molecular flexibility index (Phi) is 9.58. The fourth-order valence-corrected chi connectivity index (χ4v) is 6.38. The molecule has 0 atom stereocenters. The van der Waals surface area contributed by atoms with Gasteiger partial charge in [-0.2, -0.15) is 8.42 Å². The van der Waals surface area contributed by atoms with E-state index in [2.05, 4.69) is 41.7 Å². The third-order valence-electron chi connectivity index (χ3n) is 6.23. The summed E-state index contributed by atoms with van der Waals surface area (Å²) in [5.74, 6) is 0.525. The molecule has 0 unspecified atom stereocenters. The largest absolute Gasteiger partial charge is 0.444 e. The highest BCUT2D eigenvalue weighted by atomic mass is 32.2. The van der Waals surface area contributed by atoms with Gasteiger partial charge in [0.15, 0.2) is 0 Å². The van der Waals surface area contributed by atoms with Crippen molar-refractivity contribution in [3.63, 3.8) is 0 Å². The fourth-order valence-electron chi connectivity index (χ4n) is 4.50. The highest BCUT2D eigenvalue weighted by molar-refractivity contribution is 7.99. The maximum Gasteiger partial charge on any atom is 0.412 e. The summed E-state index contributed by atoms with van der Waals surface area (Å²) in [6.07, 6.45) is 0.416. The van der Waals surface area contributed by atoms with E-state index in [4.69, 9.17) is 8.92 Å². The number of rotatable bonds is 10. The molecule has 214 valence electrons. The van der Waals surface area contributed by atoms with E-state index in [-0.39, 0.29) is 6.61 Å². The maximum atomic E-state index is 12.8. The average Bonchev–Trinajstić information content (AvgIpc) is 2.93. The number of carbonyl (C=O) groups is 1. The van der Waals surface area contributed by atoms with E-state index in [1.807, 2.05) is 66.7 Å². The third-order valence-corrected chi connectivity index (χ3v) is 8.38. The molecule has 0 saturated carbocycles. The van der Waals surface area contributed by atoms with Gasteiger partial charge in [-0.3, -0.25) is 9.50 Å². The molecule has 0 aliphatic rings. The zero-order valence-electron chi connectivity index (χ0n) is 23.7. The topological polar surface area (TPSA) is 81.7 Å². The molecule has 1 amide bonds. The maximum absolute atomic E-state index is 12.8. The second kappa shape index (κ2) is 12.9. The first kappa shape index (κ1) is 30.4. The third kappa shape index (κ3) is 8.22. The Hall–Kier alpha value is -3.59. The van der Waals surface area contributed by atoms with Crippen LogP contribution < -0.4 is 5.32 Å². The average molecular weight is 590 g/mol. The van der Waals surface area contributed by atoms with Crippen LogP contribution in [0.1, 0.15) is 48.6 Å². The number of anilines is 1. The van der Waals surface area contributed by atoms with Gasteiger partial charge in [-0.1, -0.05) is 103 Å². The molecule has 8 heteroatoms. The van der Waals surface area contributed by atoms with Crippen LogP contribution in [0, 0.1) is 0 Å². The van der Waals surface area contributed by atoms with Crippen molar-refractivity contribution >= 4 is 33.7 Å². The Morgan fingerprint density at radius 3 is 1.71 bits per heavy atom. The molecule has 1 N–H and O–H groups in total. The van der Waals surface area contributed by atoms with Crippen LogP contribution in [0.5, 0.6) is 0 Å². The van der Waals surface area contributed by atoms with Crippen LogP contribution in [0.25, 0.3) is 0 Å². The number of amides is 1. The van der Waals surface area contributed by atoms with Crippen molar-refractivity contribution in [2.45, 2.75) is 43.5 Å². The first-order chi connectivity index (χ1) is 19.5. The van der Waals surface area contributed by atoms with Crippen molar-refractivity contribution in [2.75, 3.05) is 11.6 Å². The van der Waals surface area contributed by atoms with E-state index in [0.717, 1.165) is 28.5 Å². The normalized spacial score (nSPS) is 12.1. The summed E-state index contributed by atoms with van der Waals surface area (Å²) in [6.45, 7) is 5.26. The lowest BCUT2D eigenvalue weighted by atomic mass is 9.84. The molecule has 4 aromatic carbocycles. The quantitative estimate of drug-likeness (QED) is 0.151. The minimum Gasteiger partial charge on any atom is -0.444 e. The summed E-state index contributed by atoms with van der Waals surface area (Å²) < 4.78 is 33.2. The van der Waals surface area contributed by atoms with Crippen LogP contribution in [-0.2, 0) is 36.1 Å². The predicted molar refractivity (Wildman–Crippen MR) is 166 cm³/mol. The van der Waals surface area contributed by atoms with Crippen LogP contribution in [-0.4, -0.2) is 26.4 Å². The van der Waals surface area contributed by atoms with Crippen LogP contribution in [0.4, 0.5) is 10.5 Å². The number of nitrogens with one attached hydrogen (secondary N) is 1. The Bertz CT molecular complexity index is 1460. The van der Waals surface area contributed by atoms with E-state index in [0.29, 0.717) is 17.0 Å². The number of thioether (sulfide) groups is 1. The molecule has 0 aromatic heterocycles. The van der Waals surface area contributed by atoms with Crippen molar-refractivity contribution in [2.24, 2.45) is 0 Å². The lowest BCUT2D eigenvalue weighted by Crippen LogP contribution is -2.28. The van der Waals surface area contributed by atoms with E-state index < -0.39 is 26.6 Å². The SMILES string of the molecule is CC(C)(C)OC(=O)Nc1cc(COS(C)(=O)=O)ccc1CSC(c1ccccc1)(c1ccccc1)c1ccccc1. The molecule has 0 aliphatic carbocycles. The Morgan fingerprint density at radius 1 is 0.780 bits per heavy atom. The van der Waals surface area contributed by atoms with Gasteiger partial charge in [-0.05, 0) is 54.7 Å². The molecule has 4 rings (SSSR count). The summed E-state index contributed by atoms with van der Waals surface area (Å²) in [5, 5.41) is 2.88. The molecule has 0 saturated heterocycles. The number of hydrogen-bond donors (Lipinski definition) is 1. The van der Waals surface area contributed by atoms with E-state index in [9.17, 15) is 13.2 Å². The molecule has 4 aromatic rings. The smallest absolute Gasteiger partial charge is 0.412 e. The standard InChI is InChI=1S/C33H35NO5S2/c1-32(2,3)39-31(35)34-30-22-25(23-38-41(4,36)37)20-21-26(30)24-40-33(27-14-8-5-9-15-27,28-16-10-6-11-17-28)29-18-12-7-13-19-29/h5-22H,23-24H2,1-4H3,(H,34,35). The van der Waals surface area contributed by atoms with Crippen molar-refractivity contribution < 1.29 is 22.1 Å². The van der Waals surface area contributed by atoms with Gasteiger partial charge < -0.3 is 4.74 Å². The Morgan fingerprint density at radius 2 is 1.27 bits per heavy atom. The highest BCUT2D eigenvalue weighted by Gasteiger charge is 2.37. The van der Waals surface area contributed by atoms with Gasteiger partial charge in [-0.25, -0.2) is 4.79 Å². The zero-order valence-corrected chi connectivity index (χ0v) is 25.3. The predicted octanol–water partition coefficient (Wildman–Crippen LogP) is 7.74. The fraction of sp³-hybridized carbons (Fsp3) is 0.242. The molecule has 41 heavy (non-hydrogen) atoms. The van der Waals surface area contributed by atoms with Crippen molar-refractivity contribution in [3.05, 3.63) is 137 Å². The van der Waals surface area contributed by atoms with Crippen LogP contribution in [0.3, 0.4) is 0 Å². The van der Waals surface area contributed by atoms with Crippen LogP contribution in [0.15, 0.2) is 109 Å². The summed E-state index contributed by atoms with van der Waals surface area (Å²) in [5.41, 5.74) is 4.70. The summed E-state index contributed by atoms with van der Waals surface area (Å²) in [4.78, 5) is 12.8. The number of carbonyl (C=O) groups excluding carboxylic acids is 1. The molecular formula is C33H35NO5S2. The lowest BCUT2D eigenvalue weighted by molar-refractivity contribution is 0.0635. The summed E-state index contributed by atoms with van der Waals surface area (Å²) in [7, 11) is -3.63. The Labute approximate surface area is 247 Å². The molecule has 0 heterocycles. The molecule has 0 fully saturated rings. The van der Waals surface area contributed by atoms with Gasteiger partial charge in [0.1, 0.15) is 5.60 Å². The van der Waals surface area contributed by atoms with Gasteiger partial charge in [0, 0.05) is 11.4 Å². The number of hydrogen-bond acceptors (Lipinski definition) is 6. The van der Waals surface area contributed by atoms with E-state index >= 15 is 0 Å². The first-order valence-corrected chi connectivity index (χ1v) is 16.0. The molecule has 6 nitrogen and oxygen atoms in total. The minimum absolute atomic E-state index is 0.142. The second-order valence-corrected chi connectivity index (χ2v) is 13.5. The van der Waals surface area contributed by atoms with E-state index in [1.165, 1.54) is 0 Å². The molecular weight excluding hydrogens is 554 g/mol. The summed E-state index contributed by atoms with van der Waals surface area (Å²) >= 11 is 1.74. The minimum atomic E-state index is -3.63. The molecule has 0 aliphatic heterocycles. The van der Waals surface area contributed by atoms with E-state index in [1.54, 1.807) is 38.6 Å². The first-order valence-electron chi connectivity index (χ1n) is 13.2. The van der Waals surface area contributed by atoms with Crippen molar-refractivity contribution in [1.82, 2.24) is 0 Å². The Balaban J connectivity index is 1.77. The lowest BCUT2D eigenvalue weighted by Gasteiger charge is -2.35. The summed E-state index contributed by atoms with van der Waals surface area (Å²) in [6, 6.07) is 36.6. The number of benzene rings is 4.